The van der Waals surface area contributed by atoms with Gasteiger partial charge in [-0.2, -0.15) is 15.0 Å². The van der Waals surface area contributed by atoms with E-state index in [-0.39, 0.29) is 6.42 Å². The molecule has 1 aromatic heterocycles. The van der Waals surface area contributed by atoms with Gasteiger partial charge in [0.2, 0.25) is 0 Å². The van der Waals surface area contributed by atoms with Gasteiger partial charge in [0.1, 0.15) is 6.04 Å². The van der Waals surface area contributed by atoms with Crippen molar-refractivity contribution in [3.05, 3.63) is 41.7 Å². The molecule has 94 valence electrons. The minimum atomic E-state index is -1.01. The Morgan fingerprint density at radius 3 is 2.94 bits per heavy atom. The summed E-state index contributed by atoms with van der Waals surface area (Å²) in [5, 5.41) is 17.1. The zero-order valence-corrected chi connectivity index (χ0v) is 9.95. The highest BCUT2D eigenvalue weighted by Gasteiger charge is 2.12. The van der Waals surface area contributed by atoms with Crippen LogP contribution in [0.15, 0.2) is 30.5 Å². The molecule has 0 aliphatic heterocycles. The van der Waals surface area contributed by atoms with Crippen LogP contribution in [0.25, 0.3) is 5.69 Å². The third kappa shape index (κ3) is 2.72. The van der Waals surface area contributed by atoms with E-state index in [9.17, 15) is 4.79 Å². The van der Waals surface area contributed by atoms with Crippen molar-refractivity contribution >= 4 is 5.97 Å². The van der Waals surface area contributed by atoms with Crippen molar-refractivity contribution < 1.29 is 9.90 Å². The predicted molar refractivity (Wildman–Crippen MR) is 65.4 cm³/mol. The van der Waals surface area contributed by atoms with Crippen LogP contribution in [0.3, 0.4) is 0 Å². The Morgan fingerprint density at radius 1 is 1.56 bits per heavy atom. The molecule has 1 heterocycles. The number of nitrogens with zero attached hydrogens (tertiary/aromatic N) is 3. The van der Waals surface area contributed by atoms with Gasteiger partial charge in [0.15, 0.2) is 0 Å². The Balaban J connectivity index is 2.22. The maximum absolute atomic E-state index is 10.7. The van der Waals surface area contributed by atoms with Crippen molar-refractivity contribution in [3.63, 3.8) is 0 Å². The summed E-state index contributed by atoms with van der Waals surface area (Å²) in [7, 11) is 0. The van der Waals surface area contributed by atoms with Crippen molar-refractivity contribution in [3.8, 4) is 5.69 Å². The van der Waals surface area contributed by atoms with Crippen molar-refractivity contribution in [2.24, 2.45) is 5.73 Å². The largest absolute Gasteiger partial charge is 0.480 e. The van der Waals surface area contributed by atoms with Crippen LogP contribution in [0.5, 0.6) is 0 Å². The average Bonchev–Trinajstić information content (AvgIpc) is 2.76. The lowest BCUT2D eigenvalue weighted by Crippen LogP contribution is -2.32. The van der Waals surface area contributed by atoms with E-state index in [0.717, 1.165) is 16.9 Å². The molecule has 0 radical (unpaired) electrons. The maximum Gasteiger partial charge on any atom is 0.320 e. The van der Waals surface area contributed by atoms with Crippen molar-refractivity contribution in [1.82, 2.24) is 15.0 Å². The summed E-state index contributed by atoms with van der Waals surface area (Å²) in [6.07, 6.45) is 1.94. The van der Waals surface area contributed by atoms with E-state index in [4.69, 9.17) is 10.8 Å². The normalized spacial score (nSPS) is 12.3. The molecule has 0 saturated heterocycles. The average molecular weight is 246 g/mol. The van der Waals surface area contributed by atoms with Crippen LogP contribution in [0, 0.1) is 6.92 Å². The SMILES string of the molecule is Cc1cnn(-c2cccc(CC(N)C(=O)O)c2)n1. The third-order valence-corrected chi connectivity index (χ3v) is 2.52. The molecule has 1 atom stereocenters. The zero-order chi connectivity index (χ0) is 13.1. The van der Waals surface area contributed by atoms with E-state index in [1.807, 2.05) is 31.2 Å². The van der Waals surface area contributed by atoms with Gasteiger partial charge < -0.3 is 10.8 Å². The van der Waals surface area contributed by atoms with Crippen LogP contribution in [0.1, 0.15) is 11.3 Å². The lowest BCUT2D eigenvalue weighted by molar-refractivity contribution is -0.138. The Morgan fingerprint density at radius 2 is 2.33 bits per heavy atom. The van der Waals surface area contributed by atoms with Crippen LogP contribution in [0.4, 0.5) is 0 Å². The molecule has 0 spiro atoms. The van der Waals surface area contributed by atoms with Gasteiger partial charge in [-0.05, 0) is 31.0 Å². The molecule has 0 amide bonds. The number of aliphatic carboxylic acids is 1. The van der Waals surface area contributed by atoms with Crippen LogP contribution in [-0.4, -0.2) is 32.1 Å². The second-order valence-corrected chi connectivity index (χ2v) is 4.09. The maximum atomic E-state index is 10.7. The standard InChI is InChI=1S/C12H14N4O2/c1-8-7-14-16(15-8)10-4-2-3-9(5-10)6-11(13)12(17)18/h2-5,7,11H,6,13H2,1H3,(H,17,18). The second kappa shape index (κ2) is 4.97. The van der Waals surface area contributed by atoms with Gasteiger partial charge in [-0.3, -0.25) is 4.79 Å². The highest BCUT2D eigenvalue weighted by molar-refractivity contribution is 5.73. The number of nitrogens with two attached hydrogens (primary N) is 1. The lowest BCUT2D eigenvalue weighted by Gasteiger charge is -2.07. The van der Waals surface area contributed by atoms with E-state index in [1.54, 1.807) is 6.20 Å². The van der Waals surface area contributed by atoms with E-state index >= 15 is 0 Å². The molecule has 2 rings (SSSR count). The van der Waals surface area contributed by atoms with Gasteiger partial charge in [0, 0.05) is 0 Å². The molecule has 1 unspecified atom stereocenters. The highest BCUT2D eigenvalue weighted by Crippen LogP contribution is 2.10. The van der Waals surface area contributed by atoms with Gasteiger partial charge in [-0.1, -0.05) is 12.1 Å². The number of hydrogen-bond acceptors (Lipinski definition) is 4. The molecule has 0 aliphatic carbocycles. The van der Waals surface area contributed by atoms with E-state index in [2.05, 4.69) is 10.2 Å². The number of aromatic nitrogens is 3. The topological polar surface area (TPSA) is 94.0 Å². The first-order valence-corrected chi connectivity index (χ1v) is 5.53. The second-order valence-electron chi connectivity index (χ2n) is 4.09. The van der Waals surface area contributed by atoms with Crippen molar-refractivity contribution in [2.45, 2.75) is 19.4 Å². The Kier molecular flexibility index (Phi) is 3.38. The number of carboxylic acids is 1. The molecule has 6 nitrogen and oxygen atoms in total. The Hall–Kier alpha value is -2.21. The van der Waals surface area contributed by atoms with Gasteiger partial charge in [0.25, 0.3) is 0 Å². The number of hydrogen-bond donors (Lipinski definition) is 2. The van der Waals surface area contributed by atoms with Crippen molar-refractivity contribution in [1.29, 1.82) is 0 Å². The van der Waals surface area contributed by atoms with Crippen LogP contribution < -0.4 is 5.73 Å². The molecule has 0 bridgehead atoms. The summed E-state index contributed by atoms with van der Waals surface area (Å²) in [5.41, 5.74) is 7.96. The first kappa shape index (κ1) is 12.3. The summed E-state index contributed by atoms with van der Waals surface area (Å²) in [6, 6.07) is 6.46. The molecule has 18 heavy (non-hydrogen) atoms. The minimum Gasteiger partial charge on any atom is -0.480 e. The molecule has 3 N–H and O–H groups in total. The number of aryl methyl sites for hydroxylation is 1. The summed E-state index contributed by atoms with van der Waals surface area (Å²) >= 11 is 0. The summed E-state index contributed by atoms with van der Waals surface area (Å²) < 4.78 is 0. The lowest BCUT2D eigenvalue weighted by atomic mass is 10.1. The molecular weight excluding hydrogens is 232 g/mol. The molecule has 0 aliphatic rings. The van der Waals surface area contributed by atoms with Gasteiger partial charge >= 0.3 is 5.97 Å². The van der Waals surface area contributed by atoms with Gasteiger partial charge in [0.05, 0.1) is 17.6 Å². The molecule has 2 aromatic rings. The van der Waals surface area contributed by atoms with Crippen LogP contribution in [-0.2, 0) is 11.2 Å². The smallest absolute Gasteiger partial charge is 0.320 e. The van der Waals surface area contributed by atoms with Crippen LogP contribution in [0.2, 0.25) is 0 Å². The first-order valence-electron chi connectivity index (χ1n) is 5.53. The molecule has 0 saturated carbocycles. The Labute approximate surface area is 104 Å². The van der Waals surface area contributed by atoms with E-state index in [1.165, 1.54) is 4.80 Å². The quantitative estimate of drug-likeness (QED) is 0.820. The first-order chi connectivity index (χ1) is 8.56. The Bertz CT molecular complexity index is 565. The third-order valence-electron chi connectivity index (χ3n) is 2.52. The number of rotatable bonds is 4. The fraction of sp³-hybridized carbons (Fsp3) is 0.250. The fourth-order valence-electron chi connectivity index (χ4n) is 1.61. The number of carboxylic acid groups (broad SMARTS) is 1. The molecule has 1 aromatic carbocycles. The highest BCUT2D eigenvalue weighted by atomic mass is 16.4. The molecule has 0 fully saturated rings. The van der Waals surface area contributed by atoms with E-state index < -0.39 is 12.0 Å². The minimum absolute atomic E-state index is 0.281. The van der Waals surface area contributed by atoms with Gasteiger partial charge in [-0.15, -0.1) is 0 Å². The number of carbonyl (C=O) groups is 1. The van der Waals surface area contributed by atoms with E-state index in [0.29, 0.717) is 0 Å². The van der Waals surface area contributed by atoms with Crippen molar-refractivity contribution in [2.75, 3.05) is 0 Å². The fourth-order valence-corrected chi connectivity index (χ4v) is 1.61. The molecule has 6 heteroatoms. The monoisotopic (exact) mass is 246 g/mol. The van der Waals surface area contributed by atoms with Gasteiger partial charge in [-0.25, -0.2) is 0 Å². The zero-order valence-electron chi connectivity index (χ0n) is 9.95. The predicted octanol–water partition coefficient (Wildman–Crippen LogP) is 0.530. The number of benzene rings is 1. The van der Waals surface area contributed by atoms with Crippen LogP contribution >= 0.6 is 0 Å². The molecular formula is C12H14N4O2. The summed E-state index contributed by atoms with van der Waals surface area (Å²) in [5.74, 6) is -1.01. The summed E-state index contributed by atoms with van der Waals surface area (Å²) in [4.78, 5) is 12.2. The summed E-state index contributed by atoms with van der Waals surface area (Å²) in [6.45, 7) is 1.85.